The number of ether oxygens (including phenoxy) is 2. The molecule has 0 spiro atoms. The van der Waals surface area contributed by atoms with Gasteiger partial charge in [0.1, 0.15) is 5.75 Å². The summed E-state index contributed by atoms with van der Waals surface area (Å²) in [6.45, 7) is 12.1. The molecule has 0 bridgehead atoms. The summed E-state index contributed by atoms with van der Waals surface area (Å²) in [5.41, 5.74) is 1.32. The largest absolute Gasteiger partial charge is 0.493 e. The van der Waals surface area contributed by atoms with Gasteiger partial charge in [-0.3, -0.25) is 0 Å². The highest BCUT2D eigenvalue weighted by Gasteiger charge is 2.02. The lowest BCUT2D eigenvalue weighted by molar-refractivity contribution is 0.0717. The Balaban J connectivity index is 2.27. The van der Waals surface area contributed by atoms with Gasteiger partial charge in [-0.1, -0.05) is 26.0 Å². The van der Waals surface area contributed by atoms with Crippen LogP contribution in [-0.4, -0.2) is 37.8 Å². The van der Waals surface area contributed by atoms with Gasteiger partial charge < -0.3 is 14.4 Å². The predicted octanol–water partition coefficient (Wildman–Crippen LogP) is 3.97. The first-order chi connectivity index (χ1) is 9.97. The molecule has 120 valence electrons. The quantitative estimate of drug-likeness (QED) is 0.609. The standard InChI is InChI=1S/C18H31NO2/c1-15(2)14-21-18-9-7-17(8-10-18)13-19(5)11-6-12-20-16(3)4/h7-10,15-16H,6,11-14H2,1-5H3. The third-order valence-corrected chi connectivity index (χ3v) is 3.09. The topological polar surface area (TPSA) is 21.7 Å². The molecule has 1 aromatic rings. The molecule has 1 aromatic carbocycles. The Labute approximate surface area is 130 Å². The Kier molecular flexibility index (Phi) is 8.40. The van der Waals surface area contributed by atoms with Gasteiger partial charge in [-0.25, -0.2) is 0 Å². The van der Waals surface area contributed by atoms with Crippen molar-refractivity contribution in [2.45, 2.75) is 46.8 Å². The van der Waals surface area contributed by atoms with Gasteiger partial charge in [0.15, 0.2) is 0 Å². The molecule has 0 atom stereocenters. The molecule has 0 aliphatic carbocycles. The summed E-state index contributed by atoms with van der Waals surface area (Å²) in [4.78, 5) is 2.33. The lowest BCUT2D eigenvalue weighted by Crippen LogP contribution is -2.20. The van der Waals surface area contributed by atoms with Crippen LogP contribution in [0.4, 0.5) is 0 Å². The summed E-state index contributed by atoms with van der Waals surface area (Å²) < 4.78 is 11.3. The summed E-state index contributed by atoms with van der Waals surface area (Å²) in [6, 6.07) is 8.43. The smallest absolute Gasteiger partial charge is 0.119 e. The molecule has 3 heteroatoms. The second-order valence-corrected chi connectivity index (χ2v) is 6.36. The van der Waals surface area contributed by atoms with Crippen molar-refractivity contribution in [3.05, 3.63) is 29.8 Å². The lowest BCUT2D eigenvalue weighted by Gasteiger charge is -2.17. The van der Waals surface area contributed by atoms with Crippen molar-refractivity contribution >= 4 is 0 Å². The van der Waals surface area contributed by atoms with Crippen LogP contribution in [0.3, 0.4) is 0 Å². The minimum atomic E-state index is 0.327. The van der Waals surface area contributed by atoms with Crippen LogP contribution in [-0.2, 0) is 11.3 Å². The molecule has 0 radical (unpaired) electrons. The normalized spacial score (nSPS) is 11.6. The van der Waals surface area contributed by atoms with E-state index in [0.717, 1.165) is 38.5 Å². The van der Waals surface area contributed by atoms with Crippen LogP contribution in [0.2, 0.25) is 0 Å². The van der Waals surface area contributed by atoms with Gasteiger partial charge in [0.25, 0.3) is 0 Å². The van der Waals surface area contributed by atoms with E-state index in [4.69, 9.17) is 9.47 Å². The molecule has 0 amide bonds. The number of hydrogen-bond donors (Lipinski definition) is 0. The first-order valence-corrected chi connectivity index (χ1v) is 7.99. The second kappa shape index (κ2) is 9.80. The van der Waals surface area contributed by atoms with Crippen LogP contribution in [0.25, 0.3) is 0 Å². The third kappa shape index (κ3) is 8.74. The average Bonchev–Trinajstić information content (AvgIpc) is 2.42. The van der Waals surface area contributed by atoms with Gasteiger partial charge in [0.05, 0.1) is 12.7 Å². The van der Waals surface area contributed by atoms with Crippen molar-refractivity contribution in [3.8, 4) is 5.75 Å². The monoisotopic (exact) mass is 293 g/mol. The summed E-state index contributed by atoms with van der Waals surface area (Å²) in [6.07, 6.45) is 1.40. The van der Waals surface area contributed by atoms with Gasteiger partial charge in [-0.15, -0.1) is 0 Å². The van der Waals surface area contributed by atoms with E-state index in [-0.39, 0.29) is 0 Å². The summed E-state index contributed by atoms with van der Waals surface area (Å²) in [5, 5.41) is 0. The van der Waals surface area contributed by atoms with Gasteiger partial charge in [0.2, 0.25) is 0 Å². The second-order valence-electron chi connectivity index (χ2n) is 6.36. The maximum absolute atomic E-state index is 5.70. The van der Waals surface area contributed by atoms with E-state index in [1.165, 1.54) is 5.56 Å². The molecule has 0 aliphatic heterocycles. The summed E-state index contributed by atoms with van der Waals surface area (Å²) >= 11 is 0. The molecule has 0 aliphatic rings. The highest BCUT2D eigenvalue weighted by atomic mass is 16.5. The lowest BCUT2D eigenvalue weighted by atomic mass is 10.2. The van der Waals surface area contributed by atoms with E-state index >= 15 is 0 Å². The fourth-order valence-electron chi connectivity index (χ4n) is 2.00. The van der Waals surface area contributed by atoms with E-state index in [0.29, 0.717) is 12.0 Å². The fraction of sp³-hybridized carbons (Fsp3) is 0.667. The van der Waals surface area contributed by atoms with Gasteiger partial charge in [0, 0.05) is 19.7 Å². The van der Waals surface area contributed by atoms with Crippen LogP contribution in [0, 0.1) is 5.92 Å². The molecule has 0 aromatic heterocycles. The van der Waals surface area contributed by atoms with Crippen LogP contribution in [0.15, 0.2) is 24.3 Å². The maximum atomic E-state index is 5.70. The molecule has 0 N–H and O–H groups in total. The van der Waals surface area contributed by atoms with Crippen LogP contribution in [0.1, 0.15) is 39.7 Å². The molecule has 1 rings (SSSR count). The van der Waals surface area contributed by atoms with Crippen molar-refractivity contribution in [3.63, 3.8) is 0 Å². The predicted molar refractivity (Wildman–Crippen MR) is 88.8 cm³/mol. The molecule has 0 fully saturated rings. The van der Waals surface area contributed by atoms with Crippen LogP contribution < -0.4 is 4.74 Å². The zero-order chi connectivity index (χ0) is 15.7. The van der Waals surface area contributed by atoms with Crippen molar-refractivity contribution in [2.24, 2.45) is 5.92 Å². The van der Waals surface area contributed by atoms with Crippen LogP contribution >= 0.6 is 0 Å². The number of rotatable bonds is 10. The van der Waals surface area contributed by atoms with Gasteiger partial charge in [-0.05, 0) is 50.9 Å². The Morgan fingerprint density at radius 1 is 1.05 bits per heavy atom. The molecule has 0 heterocycles. The summed E-state index contributed by atoms with van der Waals surface area (Å²) in [5.74, 6) is 1.52. The van der Waals surface area contributed by atoms with Gasteiger partial charge in [-0.2, -0.15) is 0 Å². The third-order valence-electron chi connectivity index (χ3n) is 3.09. The van der Waals surface area contributed by atoms with Gasteiger partial charge >= 0.3 is 0 Å². The minimum Gasteiger partial charge on any atom is -0.493 e. The Hall–Kier alpha value is -1.06. The number of nitrogens with zero attached hydrogens (tertiary/aromatic N) is 1. The molecule has 0 saturated heterocycles. The van der Waals surface area contributed by atoms with E-state index in [2.05, 4.69) is 63.9 Å². The Bertz CT molecular complexity index is 373. The van der Waals surface area contributed by atoms with E-state index in [1.54, 1.807) is 0 Å². The van der Waals surface area contributed by atoms with Crippen molar-refractivity contribution in [1.82, 2.24) is 4.90 Å². The van der Waals surface area contributed by atoms with Crippen molar-refractivity contribution in [1.29, 1.82) is 0 Å². The number of hydrogen-bond acceptors (Lipinski definition) is 3. The van der Waals surface area contributed by atoms with Crippen LogP contribution in [0.5, 0.6) is 5.75 Å². The van der Waals surface area contributed by atoms with Crippen molar-refractivity contribution < 1.29 is 9.47 Å². The molecular formula is C18H31NO2. The highest BCUT2D eigenvalue weighted by Crippen LogP contribution is 2.14. The Morgan fingerprint density at radius 3 is 2.29 bits per heavy atom. The number of benzene rings is 1. The van der Waals surface area contributed by atoms with E-state index < -0.39 is 0 Å². The summed E-state index contributed by atoms with van der Waals surface area (Å²) in [7, 11) is 2.15. The molecule has 0 unspecified atom stereocenters. The molecule has 3 nitrogen and oxygen atoms in total. The maximum Gasteiger partial charge on any atom is 0.119 e. The highest BCUT2D eigenvalue weighted by molar-refractivity contribution is 5.27. The SMILES string of the molecule is CC(C)COc1ccc(CN(C)CCCOC(C)C)cc1. The van der Waals surface area contributed by atoms with Crippen molar-refractivity contribution in [2.75, 3.05) is 26.8 Å². The zero-order valence-electron chi connectivity index (χ0n) is 14.3. The zero-order valence-corrected chi connectivity index (χ0v) is 14.3. The average molecular weight is 293 g/mol. The van der Waals surface area contributed by atoms with E-state index in [1.807, 2.05) is 0 Å². The molecule has 0 saturated carbocycles. The minimum absolute atomic E-state index is 0.327. The Morgan fingerprint density at radius 2 is 1.71 bits per heavy atom. The molecule has 21 heavy (non-hydrogen) atoms. The fourth-order valence-corrected chi connectivity index (χ4v) is 2.00. The first-order valence-electron chi connectivity index (χ1n) is 7.99. The van der Waals surface area contributed by atoms with E-state index in [9.17, 15) is 0 Å². The molecular weight excluding hydrogens is 262 g/mol. The first kappa shape index (κ1) is 18.0.